The van der Waals surface area contributed by atoms with Gasteiger partial charge in [0.1, 0.15) is 87.2 Å². The number of benzene rings is 9. The molecule has 0 atom stereocenters. The van der Waals surface area contributed by atoms with Crippen LogP contribution in [0.25, 0.3) is 27.6 Å². The minimum Gasteiger partial charge on any atom is -0.390 e. The van der Waals surface area contributed by atoms with Gasteiger partial charge in [0.25, 0.3) is 0 Å². The molecule has 19 rings (SSSR count). The fourth-order valence-electron chi connectivity index (χ4n) is 15.9. The van der Waals surface area contributed by atoms with Crippen LogP contribution in [0, 0.1) is 0 Å². The Bertz CT molecular complexity index is 6800. The van der Waals surface area contributed by atoms with Crippen molar-refractivity contribution >= 4 is 84.4 Å². The van der Waals surface area contributed by atoms with Crippen LogP contribution in [0.3, 0.4) is 0 Å². The third-order valence-corrected chi connectivity index (χ3v) is 24.8. The molecule has 31 nitrogen and oxygen atoms in total. The molecule has 0 fully saturated rings. The highest BCUT2D eigenvalue weighted by atomic mass is 31.2. The van der Waals surface area contributed by atoms with E-state index in [-0.39, 0.29) is 45.4 Å². The molecule has 10 heterocycles. The van der Waals surface area contributed by atoms with Gasteiger partial charge in [0, 0.05) is 0 Å². The van der Waals surface area contributed by atoms with Crippen LogP contribution in [-0.4, -0.2) is 139 Å². The van der Waals surface area contributed by atoms with E-state index in [1.54, 1.807) is 64.1 Å². The second-order valence-electron chi connectivity index (χ2n) is 30.1. The van der Waals surface area contributed by atoms with Gasteiger partial charge in [-0.2, -0.15) is 25.5 Å². The van der Waals surface area contributed by atoms with Gasteiger partial charge >= 0.3 is 15.2 Å². The van der Waals surface area contributed by atoms with E-state index < -0.39 is 31.8 Å². The van der Waals surface area contributed by atoms with Crippen molar-refractivity contribution in [3.05, 3.63) is 444 Å². The highest BCUT2D eigenvalue weighted by Crippen LogP contribution is 2.48. The van der Waals surface area contributed by atoms with Gasteiger partial charge in [0.05, 0.1) is 75.7 Å². The Balaban J connectivity index is 0.000000133. The number of hydrogen-bond donors (Lipinski definition) is 8. The van der Waals surface area contributed by atoms with Gasteiger partial charge in [-0.3, -0.25) is 18.7 Å². The third-order valence-electron chi connectivity index (χ3n) is 22.0. The summed E-state index contributed by atoms with van der Waals surface area (Å²) in [4.78, 5) is 60.7. The quantitative estimate of drug-likeness (QED) is 0.00840. The number of hydrogen-bond acceptors (Lipinski definition) is 24. The Hall–Kier alpha value is -15.4. The molecule has 0 saturated heterocycles. The topological polar surface area (TPSA) is 405 Å². The van der Waals surface area contributed by atoms with Crippen LogP contribution in [0.2, 0.25) is 0 Å². The van der Waals surface area contributed by atoms with Crippen LogP contribution in [-0.2, 0) is 64.1 Å². The van der Waals surface area contributed by atoms with Crippen molar-refractivity contribution in [3.8, 4) is 0 Å². The number of aliphatic hydroxyl groups excluding tert-OH is 1. The third kappa shape index (κ3) is 20.9. The van der Waals surface area contributed by atoms with Crippen molar-refractivity contribution in [2.45, 2.75) is 50.3 Å². The molecule has 0 aliphatic rings. The lowest BCUT2D eigenvalue weighted by atomic mass is 9.77. The Morgan fingerprint density at radius 1 is 0.331 bits per heavy atom. The number of anilines is 5. The first-order chi connectivity index (χ1) is 65.0. The number of nitrogen functional groups attached to an aromatic ring is 2. The summed E-state index contributed by atoms with van der Waals surface area (Å²) in [5.41, 5.74) is 25.8. The summed E-state index contributed by atoms with van der Waals surface area (Å²) < 4.78 is 53.4. The van der Waals surface area contributed by atoms with Gasteiger partial charge in [0.15, 0.2) is 41.7 Å². The van der Waals surface area contributed by atoms with E-state index >= 15 is 0 Å². The van der Waals surface area contributed by atoms with E-state index in [2.05, 4.69) is 207 Å². The number of carbonyl (C=O) groups excluding carboxylic acids is 2. The lowest BCUT2D eigenvalue weighted by Crippen LogP contribution is -2.38. The zero-order valence-corrected chi connectivity index (χ0v) is 74.3. The molecule has 0 unspecified atom stereocenters. The van der Waals surface area contributed by atoms with E-state index in [0.29, 0.717) is 70.4 Å². The van der Waals surface area contributed by atoms with Gasteiger partial charge in [-0.15, -0.1) is 0 Å². The highest BCUT2D eigenvalue weighted by Gasteiger charge is 2.41. The SMILES string of the molecule is CCOP(=O)(CCOCc1ccc2c(NC(c3ccccc3)(c3ccccc3)c3ccccc3)ncnn12)OCC.Nc1ncnn2c(C=O)ccc12.Nc1ncnn2c(COCCP(=O)(O)O)ccc12.O=Cc1ccc2c(NC(c3ccccc3)(c3ccccc3)c3ccccc3)ncnn12.OCc1ccc2c(NC(c3ccccc3)(c3ccccc3)c3ccccc3)ncnn12. The Kier molecular flexibility index (Phi) is 30.1. The molecular weight excluding hydrogens is 1720 g/mol. The van der Waals surface area contributed by atoms with Gasteiger partial charge in [0.2, 0.25) is 0 Å². The lowest BCUT2D eigenvalue weighted by Gasteiger charge is -2.37. The maximum absolute atomic E-state index is 12.8. The lowest BCUT2D eigenvalue weighted by molar-refractivity contribution is 0.111. The second-order valence-corrected chi connectivity index (χ2v) is 34.0. The van der Waals surface area contributed by atoms with Crippen molar-refractivity contribution < 1.29 is 52.1 Å². The zero-order valence-electron chi connectivity index (χ0n) is 72.5. The van der Waals surface area contributed by atoms with Crippen molar-refractivity contribution in [1.82, 2.24) is 73.0 Å². The van der Waals surface area contributed by atoms with E-state index in [1.165, 1.54) is 29.8 Å². The number of nitrogens with one attached hydrogen (secondary N) is 3. The number of fused-ring (bicyclic) bond motifs is 5. The predicted molar refractivity (Wildman–Crippen MR) is 511 cm³/mol. The van der Waals surface area contributed by atoms with Gasteiger partial charge in [-0.1, -0.05) is 273 Å². The van der Waals surface area contributed by atoms with E-state index in [0.717, 1.165) is 90.6 Å². The summed E-state index contributed by atoms with van der Waals surface area (Å²) in [7, 11) is -7.17. The molecule has 0 bridgehead atoms. The fourth-order valence-corrected chi connectivity index (χ4v) is 17.7. The monoisotopic (exact) mass is 1810 g/mol. The standard InChI is InChI=1S/C32H35N4O4P.C26H22N4O.C26H20N4O.C9H13N4O4P.C7H6N4O/c1-3-39-41(37,40-4-2)23-22-38-24-29-20-21-30-31(33-25-34-36(29)30)35-32(26-14-8-5-9-15-26,27-16-10-6-11-17-27)28-18-12-7-13-19-28;2*31-18-23-16-17-24-25(27-19-28-30(23)24)29-26(20-10-4-1-5-11-20,21-12-6-2-7-13-21)22-14-8-3-9-15-22;10-9-8-2-1-7(13(8)12-6-11-9)5-17-3-4-18(14,15)16;8-7-6-2-1-5(3-12)11(6)10-4-9-7/h5-21,25H,3-4,22-24H2,1-2H3,(H,33,34,35);1-17,19,31H,18H2,(H,27,28,29);1-19H,(H,27,28,29);1-2,6H,3-5H2,(H2,10,11,12)(H2,14,15,16);1-4H,(H2,8,9,10). The average Bonchev–Trinajstić information content (AvgIpc) is 1.55. The summed E-state index contributed by atoms with van der Waals surface area (Å²) >= 11 is 0. The van der Waals surface area contributed by atoms with Gasteiger partial charge in [-0.05, 0) is 125 Å². The van der Waals surface area contributed by atoms with E-state index in [9.17, 15) is 23.8 Å². The molecule has 0 aliphatic carbocycles. The fraction of sp³-hybridized carbons (Fsp3) is 0.140. The van der Waals surface area contributed by atoms with Crippen LogP contribution in [0.15, 0.2) is 365 Å². The van der Waals surface area contributed by atoms with E-state index in [1.807, 2.05) is 162 Å². The summed E-state index contributed by atoms with van der Waals surface area (Å²) in [5, 5.41) is 42.0. The minimum atomic E-state index is -4.01. The molecule has 672 valence electrons. The number of aromatic nitrogens is 15. The Morgan fingerprint density at radius 3 is 0.887 bits per heavy atom. The molecule has 0 aliphatic heterocycles. The van der Waals surface area contributed by atoms with Crippen LogP contribution < -0.4 is 27.4 Å². The van der Waals surface area contributed by atoms with Crippen molar-refractivity contribution in [2.75, 3.05) is 66.2 Å². The number of ether oxygens (including phenoxy) is 2. The summed E-state index contributed by atoms with van der Waals surface area (Å²) in [5.74, 6) is 2.75. The first-order valence-electron chi connectivity index (χ1n) is 42.6. The maximum atomic E-state index is 12.8. The molecule has 19 aromatic rings. The summed E-state index contributed by atoms with van der Waals surface area (Å²) in [6.45, 7) is 4.85. The average molecular weight is 1820 g/mol. The number of aliphatic hydroxyl groups is 1. The first-order valence-corrected chi connectivity index (χ1v) is 46.1. The number of carbonyl (C=O) groups is 2. The van der Waals surface area contributed by atoms with Crippen LogP contribution in [0.4, 0.5) is 29.1 Å². The second kappa shape index (κ2) is 43.3. The predicted octanol–water partition coefficient (Wildman–Crippen LogP) is 16.6. The Morgan fingerprint density at radius 2 is 0.579 bits per heavy atom. The normalized spacial score (nSPS) is 11.6. The first kappa shape index (κ1) is 92.3. The summed E-state index contributed by atoms with van der Waals surface area (Å²) in [6.07, 6.45) is 8.58. The van der Waals surface area contributed by atoms with E-state index in [4.69, 9.17) is 44.8 Å². The zero-order chi connectivity index (χ0) is 92.5. The Labute approximate surface area is 765 Å². The van der Waals surface area contributed by atoms with Crippen molar-refractivity contribution in [3.63, 3.8) is 0 Å². The summed E-state index contributed by atoms with van der Waals surface area (Å²) in [6, 6.07) is 111. The smallest absolute Gasteiger partial charge is 0.332 e. The highest BCUT2D eigenvalue weighted by molar-refractivity contribution is 7.53. The van der Waals surface area contributed by atoms with Gasteiger partial charge < -0.3 is 60.8 Å². The molecule has 0 radical (unpaired) electrons. The molecule has 10 N–H and O–H groups in total. The molecule has 10 aromatic heterocycles. The minimum absolute atomic E-state index is 0.0158. The molecule has 0 amide bonds. The van der Waals surface area contributed by atoms with Gasteiger partial charge in [-0.25, -0.2) is 47.5 Å². The molecule has 0 saturated carbocycles. The number of rotatable bonds is 32. The number of nitrogens with two attached hydrogens (primary N) is 2. The van der Waals surface area contributed by atoms with Crippen LogP contribution in [0.5, 0.6) is 0 Å². The molecule has 33 heteroatoms. The van der Waals surface area contributed by atoms with Crippen LogP contribution in [0.1, 0.15) is 102 Å². The molecule has 9 aromatic carbocycles. The van der Waals surface area contributed by atoms with Crippen molar-refractivity contribution in [2.24, 2.45) is 0 Å². The maximum Gasteiger partial charge on any atom is 0.332 e. The molecule has 0 spiro atoms. The van der Waals surface area contributed by atoms with Crippen LogP contribution >= 0.6 is 15.2 Å². The number of nitrogens with zero attached hydrogens (tertiary/aromatic N) is 15. The molecular formula is C100H96N20O11P2. The number of aldehydes is 2. The van der Waals surface area contributed by atoms with Crippen molar-refractivity contribution in [1.29, 1.82) is 0 Å². The molecule has 133 heavy (non-hydrogen) atoms. The largest absolute Gasteiger partial charge is 0.390 e.